The number of carbonyl (C=O) groups is 3. The second-order valence-electron chi connectivity index (χ2n) is 6.68. The van der Waals surface area contributed by atoms with Crippen molar-refractivity contribution in [3.8, 4) is 0 Å². The summed E-state index contributed by atoms with van der Waals surface area (Å²) in [4.78, 5) is 39.1. The lowest BCUT2D eigenvalue weighted by molar-refractivity contribution is -0.134. The van der Waals surface area contributed by atoms with Gasteiger partial charge in [0.15, 0.2) is 11.6 Å². The van der Waals surface area contributed by atoms with Gasteiger partial charge in [-0.25, -0.2) is 13.6 Å². The molecule has 3 amide bonds. The van der Waals surface area contributed by atoms with Crippen LogP contribution in [0.4, 0.5) is 13.6 Å². The summed E-state index contributed by atoms with van der Waals surface area (Å²) in [7, 11) is 0. The van der Waals surface area contributed by atoms with E-state index in [9.17, 15) is 23.2 Å². The molecule has 0 radical (unpaired) electrons. The lowest BCUT2D eigenvalue weighted by atomic mass is 10.1. The number of halogens is 2. The van der Waals surface area contributed by atoms with Crippen molar-refractivity contribution < 1.29 is 27.9 Å². The average Bonchev–Trinajstić information content (AvgIpc) is 3.06. The minimum absolute atomic E-state index is 0.0695. The van der Waals surface area contributed by atoms with E-state index in [2.05, 4.69) is 10.6 Å². The van der Waals surface area contributed by atoms with Crippen molar-refractivity contribution in [2.75, 3.05) is 39.3 Å². The molecule has 8 nitrogen and oxygen atoms in total. The van der Waals surface area contributed by atoms with Crippen molar-refractivity contribution in [1.29, 1.82) is 0 Å². The van der Waals surface area contributed by atoms with Gasteiger partial charge in [-0.2, -0.15) is 0 Å². The van der Waals surface area contributed by atoms with Crippen LogP contribution in [-0.2, 0) is 20.9 Å². The fourth-order valence-electron chi connectivity index (χ4n) is 3.25. The summed E-state index contributed by atoms with van der Waals surface area (Å²) in [5.74, 6) is -2.50. The van der Waals surface area contributed by atoms with Gasteiger partial charge in [-0.05, 0) is 17.7 Å². The molecule has 1 unspecified atom stereocenters. The number of nitrogens with zero attached hydrogens (tertiary/aromatic N) is 2. The van der Waals surface area contributed by atoms with E-state index in [4.69, 9.17) is 4.74 Å². The normalized spacial score (nSPS) is 20.1. The number of rotatable bonds is 7. The molecule has 0 aromatic heterocycles. The molecular formula is C18H22F2N4O4. The Hall–Kier alpha value is -2.75. The Kier molecular flexibility index (Phi) is 6.40. The second-order valence-corrected chi connectivity index (χ2v) is 6.68. The number of amides is 3. The second kappa shape index (κ2) is 8.96. The van der Waals surface area contributed by atoms with Crippen LogP contribution in [0.1, 0.15) is 12.0 Å². The third-order valence-corrected chi connectivity index (χ3v) is 4.74. The largest absolute Gasteiger partial charge is 0.448 e. The van der Waals surface area contributed by atoms with Crippen molar-refractivity contribution in [3.63, 3.8) is 0 Å². The Labute approximate surface area is 160 Å². The van der Waals surface area contributed by atoms with Crippen LogP contribution >= 0.6 is 0 Å². The summed E-state index contributed by atoms with van der Waals surface area (Å²) in [6.07, 6.45) is -0.474. The number of piperazine rings is 1. The van der Waals surface area contributed by atoms with Gasteiger partial charge < -0.3 is 20.3 Å². The van der Waals surface area contributed by atoms with Gasteiger partial charge >= 0.3 is 6.09 Å². The molecule has 28 heavy (non-hydrogen) atoms. The van der Waals surface area contributed by atoms with Gasteiger partial charge in [0.2, 0.25) is 11.8 Å². The first-order chi connectivity index (χ1) is 13.4. The number of hydrogen-bond donors (Lipinski definition) is 2. The molecule has 0 saturated carbocycles. The molecule has 152 valence electrons. The summed E-state index contributed by atoms with van der Waals surface area (Å²) < 4.78 is 31.4. The van der Waals surface area contributed by atoms with E-state index in [1.54, 1.807) is 4.90 Å². The molecule has 0 spiro atoms. The van der Waals surface area contributed by atoms with Gasteiger partial charge in [-0.3, -0.25) is 14.5 Å². The Bertz CT molecular complexity index is 761. The molecule has 2 saturated heterocycles. The van der Waals surface area contributed by atoms with Crippen LogP contribution in [0.2, 0.25) is 0 Å². The van der Waals surface area contributed by atoms with E-state index in [-0.39, 0.29) is 31.3 Å². The summed E-state index contributed by atoms with van der Waals surface area (Å²) in [5.41, 5.74) is 0.520. The first-order valence-corrected chi connectivity index (χ1v) is 9.08. The third kappa shape index (κ3) is 4.94. The van der Waals surface area contributed by atoms with Crippen molar-refractivity contribution in [2.24, 2.45) is 0 Å². The predicted octanol–water partition coefficient (Wildman–Crippen LogP) is 0.224. The summed E-state index contributed by atoms with van der Waals surface area (Å²) in [6.45, 7) is 2.54. The molecular weight excluding hydrogens is 374 g/mol. The zero-order valence-corrected chi connectivity index (χ0v) is 15.2. The fraction of sp³-hybridized carbons (Fsp3) is 0.500. The maximum absolute atomic E-state index is 13.4. The zero-order chi connectivity index (χ0) is 20.1. The highest BCUT2D eigenvalue weighted by Gasteiger charge is 2.31. The summed E-state index contributed by atoms with van der Waals surface area (Å²) in [5, 5.41) is 5.41. The van der Waals surface area contributed by atoms with Crippen molar-refractivity contribution in [1.82, 2.24) is 20.4 Å². The highest BCUT2D eigenvalue weighted by Crippen LogP contribution is 2.16. The third-order valence-electron chi connectivity index (χ3n) is 4.74. The number of ether oxygens (including phenoxy) is 1. The van der Waals surface area contributed by atoms with E-state index in [1.807, 2.05) is 0 Å². The maximum atomic E-state index is 13.4. The standard InChI is InChI=1S/C18H22F2N4O4/c19-13-2-1-12(9-14(13)20)11-24-6-4-22-17(26)15(24)10-16(25)21-3-5-23-7-8-28-18(23)27/h1-2,9,15H,3-8,10-11H2,(H,21,25)(H,22,26). The van der Waals surface area contributed by atoms with Crippen LogP contribution in [0.3, 0.4) is 0 Å². The molecule has 2 aliphatic rings. The first-order valence-electron chi connectivity index (χ1n) is 9.08. The van der Waals surface area contributed by atoms with Crippen molar-refractivity contribution in [2.45, 2.75) is 19.0 Å². The van der Waals surface area contributed by atoms with E-state index >= 15 is 0 Å². The SMILES string of the molecule is O=C(CC1C(=O)NCCN1Cc1ccc(F)c(F)c1)NCCN1CCOC1=O. The van der Waals surface area contributed by atoms with E-state index < -0.39 is 23.8 Å². The van der Waals surface area contributed by atoms with Crippen LogP contribution in [0.25, 0.3) is 0 Å². The Morgan fingerprint density at radius 3 is 2.79 bits per heavy atom. The number of nitrogens with one attached hydrogen (secondary N) is 2. The lowest BCUT2D eigenvalue weighted by Gasteiger charge is -2.34. The Morgan fingerprint density at radius 2 is 2.07 bits per heavy atom. The smallest absolute Gasteiger partial charge is 0.409 e. The van der Waals surface area contributed by atoms with Gasteiger partial charge in [0.05, 0.1) is 19.0 Å². The number of hydrogen-bond acceptors (Lipinski definition) is 5. The van der Waals surface area contributed by atoms with Crippen LogP contribution < -0.4 is 10.6 Å². The van der Waals surface area contributed by atoms with E-state index in [0.29, 0.717) is 38.3 Å². The average molecular weight is 396 g/mol. The molecule has 1 aromatic rings. The molecule has 1 atom stereocenters. The Morgan fingerprint density at radius 1 is 1.25 bits per heavy atom. The summed E-state index contributed by atoms with van der Waals surface area (Å²) >= 11 is 0. The zero-order valence-electron chi connectivity index (χ0n) is 15.2. The van der Waals surface area contributed by atoms with Gasteiger partial charge in [-0.1, -0.05) is 6.07 Å². The minimum atomic E-state index is -0.950. The molecule has 10 heteroatoms. The highest BCUT2D eigenvalue weighted by molar-refractivity contribution is 5.88. The molecule has 3 rings (SSSR count). The molecule has 0 bridgehead atoms. The van der Waals surface area contributed by atoms with E-state index in [0.717, 1.165) is 12.1 Å². The topological polar surface area (TPSA) is 91.0 Å². The minimum Gasteiger partial charge on any atom is -0.448 e. The monoisotopic (exact) mass is 396 g/mol. The van der Waals surface area contributed by atoms with E-state index in [1.165, 1.54) is 11.0 Å². The van der Waals surface area contributed by atoms with Crippen LogP contribution in [0.15, 0.2) is 18.2 Å². The molecule has 2 fully saturated rings. The molecule has 2 aliphatic heterocycles. The van der Waals surface area contributed by atoms with Crippen LogP contribution in [-0.4, -0.2) is 73.1 Å². The Balaban J connectivity index is 1.54. The molecule has 2 N–H and O–H groups in total. The summed E-state index contributed by atoms with van der Waals surface area (Å²) in [6, 6.07) is 2.88. The van der Waals surface area contributed by atoms with Gasteiger partial charge in [0.1, 0.15) is 6.61 Å². The van der Waals surface area contributed by atoms with Crippen molar-refractivity contribution >= 4 is 17.9 Å². The quantitative estimate of drug-likeness (QED) is 0.688. The van der Waals surface area contributed by atoms with Crippen LogP contribution in [0, 0.1) is 11.6 Å². The number of benzene rings is 1. The lowest BCUT2D eigenvalue weighted by Crippen LogP contribution is -2.56. The highest BCUT2D eigenvalue weighted by atomic mass is 19.2. The van der Waals surface area contributed by atoms with Gasteiger partial charge in [-0.15, -0.1) is 0 Å². The predicted molar refractivity (Wildman–Crippen MR) is 94.1 cm³/mol. The fourth-order valence-corrected chi connectivity index (χ4v) is 3.25. The maximum Gasteiger partial charge on any atom is 0.409 e. The number of carbonyl (C=O) groups excluding carboxylic acids is 3. The van der Waals surface area contributed by atoms with Crippen LogP contribution in [0.5, 0.6) is 0 Å². The molecule has 0 aliphatic carbocycles. The van der Waals surface area contributed by atoms with Gasteiger partial charge in [0, 0.05) is 32.7 Å². The molecule has 2 heterocycles. The number of cyclic esters (lactones) is 1. The molecule has 1 aromatic carbocycles. The van der Waals surface area contributed by atoms with Crippen molar-refractivity contribution in [3.05, 3.63) is 35.4 Å². The van der Waals surface area contributed by atoms with Gasteiger partial charge in [0.25, 0.3) is 0 Å². The first kappa shape index (κ1) is 20.0.